The average molecular weight is 406 g/mol. The van der Waals surface area contributed by atoms with Gasteiger partial charge in [0.05, 0.1) is 15.8 Å². The Bertz CT molecular complexity index is 601. The fourth-order valence-corrected chi connectivity index (χ4v) is 2.37. The monoisotopic (exact) mass is 405 g/mol. The van der Waals surface area contributed by atoms with E-state index in [1.54, 1.807) is 11.7 Å². The van der Waals surface area contributed by atoms with Crippen molar-refractivity contribution in [2.24, 2.45) is 7.05 Å². The van der Waals surface area contributed by atoms with Crippen molar-refractivity contribution in [2.45, 2.75) is 13.2 Å². The van der Waals surface area contributed by atoms with Gasteiger partial charge in [-0.05, 0) is 28.2 Å². The molecule has 0 aliphatic heterocycles. The summed E-state index contributed by atoms with van der Waals surface area (Å²) in [6.07, 6.45) is -0.480. The number of hydrogen-bond acceptors (Lipinski definition) is 3. The molecule has 0 saturated heterocycles. The maximum Gasteiger partial charge on any atom is 0.407 e. The Morgan fingerprint density at radius 2 is 2.15 bits per heavy atom. The van der Waals surface area contributed by atoms with E-state index in [9.17, 15) is 4.79 Å². The van der Waals surface area contributed by atoms with Gasteiger partial charge in [-0.1, -0.05) is 41.9 Å². The Hall–Kier alpha value is -1.28. The number of ether oxygens (including phenoxy) is 1. The Morgan fingerprint density at radius 3 is 2.75 bits per heavy atom. The molecule has 0 saturated carbocycles. The van der Waals surface area contributed by atoms with E-state index in [0.717, 1.165) is 14.8 Å². The SMILES string of the molecule is Cn1nc(CNC(=O)OCc2ccccc2)c(I)c1Cl. The second-order valence-corrected chi connectivity index (χ2v) is 5.53. The third-order valence-electron chi connectivity index (χ3n) is 2.60. The van der Waals surface area contributed by atoms with E-state index < -0.39 is 6.09 Å². The number of carbonyl (C=O) groups excluding carboxylic acids is 1. The molecule has 1 aromatic carbocycles. The lowest BCUT2D eigenvalue weighted by Crippen LogP contribution is -2.24. The molecule has 0 unspecified atom stereocenters. The zero-order chi connectivity index (χ0) is 14.5. The van der Waals surface area contributed by atoms with Gasteiger partial charge in [0.1, 0.15) is 11.8 Å². The van der Waals surface area contributed by atoms with E-state index in [0.29, 0.717) is 5.15 Å². The Labute approximate surface area is 135 Å². The summed E-state index contributed by atoms with van der Waals surface area (Å²) >= 11 is 8.10. The van der Waals surface area contributed by atoms with Crippen LogP contribution in [0.1, 0.15) is 11.3 Å². The van der Waals surface area contributed by atoms with Crippen LogP contribution in [0.15, 0.2) is 30.3 Å². The van der Waals surface area contributed by atoms with Crippen molar-refractivity contribution in [3.63, 3.8) is 0 Å². The molecule has 106 valence electrons. The van der Waals surface area contributed by atoms with Crippen molar-refractivity contribution in [3.05, 3.63) is 50.3 Å². The molecule has 0 spiro atoms. The maximum atomic E-state index is 11.6. The standard InChI is InChI=1S/C13H13ClIN3O2/c1-18-12(14)11(15)10(17-18)7-16-13(19)20-8-9-5-3-2-4-6-9/h2-6H,7-8H2,1H3,(H,16,19). The van der Waals surface area contributed by atoms with Crippen LogP contribution in [0.3, 0.4) is 0 Å². The van der Waals surface area contributed by atoms with Crippen molar-refractivity contribution in [1.29, 1.82) is 0 Å². The van der Waals surface area contributed by atoms with Gasteiger partial charge in [0.25, 0.3) is 0 Å². The number of hydrogen-bond donors (Lipinski definition) is 1. The number of carbonyl (C=O) groups is 1. The average Bonchev–Trinajstić information content (AvgIpc) is 2.71. The van der Waals surface area contributed by atoms with Gasteiger partial charge in [-0.15, -0.1) is 0 Å². The lowest BCUT2D eigenvalue weighted by atomic mass is 10.2. The van der Waals surface area contributed by atoms with Gasteiger partial charge in [0, 0.05) is 7.05 Å². The number of amides is 1. The number of halogens is 2. The van der Waals surface area contributed by atoms with Crippen molar-refractivity contribution in [2.75, 3.05) is 0 Å². The van der Waals surface area contributed by atoms with Gasteiger partial charge in [0.15, 0.2) is 0 Å². The number of nitrogens with one attached hydrogen (secondary N) is 1. The molecule has 0 bridgehead atoms. The van der Waals surface area contributed by atoms with E-state index in [2.05, 4.69) is 33.0 Å². The van der Waals surface area contributed by atoms with Gasteiger partial charge >= 0.3 is 6.09 Å². The Morgan fingerprint density at radius 1 is 1.45 bits per heavy atom. The molecule has 1 aromatic heterocycles. The quantitative estimate of drug-likeness (QED) is 0.795. The highest BCUT2D eigenvalue weighted by Crippen LogP contribution is 2.20. The molecule has 1 N–H and O–H groups in total. The van der Waals surface area contributed by atoms with Gasteiger partial charge in [-0.3, -0.25) is 4.68 Å². The van der Waals surface area contributed by atoms with E-state index in [-0.39, 0.29) is 13.2 Å². The maximum absolute atomic E-state index is 11.6. The zero-order valence-electron chi connectivity index (χ0n) is 10.8. The van der Waals surface area contributed by atoms with Crippen molar-refractivity contribution in [3.8, 4) is 0 Å². The first kappa shape index (κ1) is 15.1. The molecule has 0 fully saturated rings. The topological polar surface area (TPSA) is 56.2 Å². The largest absolute Gasteiger partial charge is 0.445 e. The molecular weight excluding hydrogens is 393 g/mol. The van der Waals surface area contributed by atoms with Crippen LogP contribution < -0.4 is 5.32 Å². The highest BCUT2D eigenvalue weighted by molar-refractivity contribution is 14.1. The molecule has 2 aromatic rings. The third kappa shape index (κ3) is 3.86. The minimum Gasteiger partial charge on any atom is -0.445 e. The van der Waals surface area contributed by atoms with Crippen LogP contribution in [0.2, 0.25) is 5.15 Å². The molecule has 0 aliphatic carbocycles. The lowest BCUT2D eigenvalue weighted by molar-refractivity contribution is 0.139. The van der Waals surface area contributed by atoms with E-state index >= 15 is 0 Å². The van der Waals surface area contributed by atoms with Crippen LogP contribution in [0.5, 0.6) is 0 Å². The van der Waals surface area contributed by atoms with Crippen LogP contribution in [-0.4, -0.2) is 15.9 Å². The summed E-state index contributed by atoms with van der Waals surface area (Å²) in [5.41, 5.74) is 1.66. The Balaban J connectivity index is 1.82. The summed E-state index contributed by atoms with van der Waals surface area (Å²) in [5, 5.41) is 7.41. The third-order valence-corrected chi connectivity index (χ3v) is 4.49. The fourth-order valence-electron chi connectivity index (χ4n) is 1.57. The number of alkyl carbamates (subject to hydrolysis) is 1. The second kappa shape index (κ2) is 6.94. The van der Waals surface area contributed by atoms with Crippen LogP contribution >= 0.6 is 34.2 Å². The first-order valence-electron chi connectivity index (χ1n) is 5.89. The van der Waals surface area contributed by atoms with E-state index in [4.69, 9.17) is 16.3 Å². The summed E-state index contributed by atoms with van der Waals surface area (Å²) < 4.78 is 7.50. The molecule has 5 nitrogen and oxygen atoms in total. The molecular formula is C13H13ClIN3O2. The van der Waals surface area contributed by atoms with Crippen LogP contribution in [0, 0.1) is 3.57 Å². The molecule has 20 heavy (non-hydrogen) atoms. The van der Waals surface area contributed by atoms with E-state index in [1.807, 2.05) is 30.3 Å². The normalized spacial score (nSPS) is 10.3. The van der Waals surface area contributed by atoms with Gasteiger partial charge < -0.3 is 10.1 Å². The number of benzene rings is 1. The fraction of sp³-hybridized carbons (Fsp3) is 0.231. The number of nitrogens with zero attached hydrogens (tertiary/aromatic N) is 2. The number of aromatic nitrogens is 2. The van der Waals surface area contributed by atoms with Crippen molar-refractivity contribution >= 4 is 40.3 Å². The molecule has 7 heteroatoms. The van der Waals surface area contributed by atoms with Gasteiger partial charge in [-0.25, -0.2) is 4.79 Å². The molecule has 0 radical (unpaired) electrons. The van der Waals surface area contributed by atoms with Crippen molar-refractivity contribution < 1.29 is 9.53 Å². The molecule has 1 heterocycles. The summed E-state index contributed by atoms with van der Waals surface area (Å²) in [4.78, 5) is 11.6. The van der Waals surface area contributed by atoms with Crippen LogP contribution in [-0.2, 0) is 24.9 Å². The highest BCUT2D eigenvalue weighted by atomic mass is 127. The van der Waals surface area contributed by atoms with Crippen molar-refractivity contribution in [1.82, 2.24) is 15.1 Å². The Kier molecular flexibility index (Phi) is 5.24. The van der Waals surface area contributed by atoms with Crippen LogP contribution in [0.25, 0.3) is 0 Å². The summed E-state index contributed by atoms with van der Waals surface area (Å²) in [5.74, 6) is 0. The summed E-state index contributed by atoms with van der Waals surface area (Å²) in [7, 11) is 1.75. The predicted octanol–water partition coefficient (Wildman–Crippen LogP) is 3.10. The minimum absolute atomic E-state index is 0.243. The predicted molar refractivity (Wildman–Crippen MR) is 84.4 cm³/mol. The first-order valence-corrected chi connectivity index (χ1v) is 7.35. The zero-order valence-corrected chi connectivity index (χ0v) is 13.7. The minimum atomic E-state index is -0.480. The summed E-state index contributed by atoms with van der Waals surface area (Å²) in [6, 6.07) is 9.50. The number of rotatable bonds is 4. The number of aryl methyl sites for hydroxylation is 1. The lowest BCUT2D eigenvalue weighted by Gasteiger charge is -2.06. The van der Waals surface area contributed by atoms with Gasteiger partial charge in [0.2, 0.25) is 0 Å². The van der Waals surface area contributed by atoms with Gasteiger partial charge in [-0.2, -0.15) is 5.10 Å². The van der Waals surface area contributed by atoms with E-state index in [1.165, 1.54) is 0 Å². The molecule has 2 rings (SSSR count). The smallest absolute Gasteiger partial charge is 0.407 e. The first-order chi connectivity index (χ1) is 9.58. The van der Waals surface area contributed by atoms with Crippen LogP contribution in [0.4, 0.5) is 4.79 Å². The molecule has 0 atom stereocenters. The molecule has 0 aliphatic rings. The second-order valence-electron chi connectivity index (χ2n) is 4.09. The highest BCUT2D eigenvalue weighted by Gasteiger charge is 2.12. The molecule has 1 amide bonds. The summed E-state index contributed by atoms with van der Waals surface area (Å²) in [6.45, 7) is 0.527.